The van der Waals surface area contributed by atoms with Crippen molar-refractivity contribution in [2.75, 3.05) is 5.32 Å². The average Bonchev–Trinajstić information content (AvgIpc) is 2.71. The van der Waals surface area contributed by atoms with Gasteiger partial charge in [-0.2, -0.15) is 0 Å². The van der Waals surface area contributed by atoms with Crippen LogP contribution in [0, 0.1) is 0 Å². The second-order valence-electron chi connectivity index (χ2n) is 6.00. The van der Waals surface area contributed by atoms with E-state index in [2.05, 4.69) is 26.6 Å². The fraction of sp³-hybridized carbons (Fsp3) is 0. The lowest BCUT2D eigenvalue weighted by molar-refractivity contribution is -0.113. The Labute approximate surface area is 186 Å². The number of hydrogen-bond acceptors (Lipinski definition) is 2. The van der Waals surface area contributed by atoms with Crippen molar-refractivity contribution in [3.8, 4) is 0 Å². The Kier molecular flexibility index (Phi) is 7.09. The number of carbonyl (C=O) groups is 2. The molecular weight excluding hydrogens is 475 g/mol. The van der Waals surface area contributed by atoms with Crippen LogP contribution >= 0.6 is 39.1 Å². The molecular formula is C22H15BrCl2N2O2. The quantitative estimate of drug-likeness (QED) is 0.421. The van der Waals surface area contributed by atoms with Gasteiger partial charge in [0.15, 0.2) is 0 Å². The topological polar surface area (TPSA) is 58.2 Å². The molecule has 2 amide bonds. The second kappa shape index (κ2) is 9.74. The molecule has 2 N–H and O–H groups in total. The highest BCUT2D eigenvalue weighted by atomic mass is 79.9. The predicted molar refractivity (Wildman–Crippen MR) is 121 cm³/mol. The molecule has 3 rings (SSSR count). The zero-order chi connectivity index (χ0) is 20.8. The molecule has 0 spiro atoms. The largest absolute Gasteiger partial charge is 0.321 e. The number of benzene rings is 3. The molecule has 3 aromatic rings. The number of carbonyl (C=O) groups excluding carboxylic acids is 2. The SMILES string of the molecule is O=C(Nc1ccc(Cl)cc1)C(=Cc1ccc(Br)cc1)NC(=O)c1ccccc1Cl. The Balaban J connectivity index is 1.89. The summed E-state index contributed by atoms with van der Waals surface area (Å²) in [5, 5.41) is 6.26. The van der Waals surface area contributed by atoms with Crippen molar-refractivity contribution in [3.05, 3.63) is 104 Å². The van der Waals surface area contributed by atoms with Crippen LogP contribution in [-0.4, -0.2) is 11.8 Å². The Hall–Kier alpha value is -2.60. The first-order valence-electron chi connectivity index (χ1n) is 8.52. The number of anilines is 1. The van der Waals surface area contributed by atoms with Gasteiger partial charge in [0.1, 0.15) is 5.70 Å². The Morgan fingerprint density at radius 2 is 1.52 bits per heavy atom. The Morgan fingerprint density at radius 1 is 0.862 bits per heavy atom. The molecule has 0 bridgehead atoms. The van der Waals surface area contributed by atoms with Crippen molar-refractivity contribution < 1.29 is 9.59 Å². The fourth-order valence-corrected chi connectivity index (χ4v) is 3.06. The van der Waals surface area contributed by atoms with Crippen LogP contribution in [0.1, 0.15) is 15.9 Å². The van der Waals surface area contributed by atoms with Gasteiger partial charge in [0.2, 0.25) is 0 Å². The molecule has 0 saturated carbocycles. The van der Waals surface area contributed by atoms with Gasteiger partial charge in [0.25, 0.3) is 11.8 Å². The highest BCUT2D eigenvalue weighted by Gasteiger charge is 2.16. The number of hydrogen-bond donors (Lipinski definition) is 2. The van der Waals surface area contributed by atoms with Gasteiger partial charge >= 0.3 is 0 Å². The van der Waals surface area contributed by atoms with E-state index in [0.717, 1.165) is 10.0 Å². The van der Waals surface area contributed by atoms with E-state index in [1.54, 1.807) is 54.6 Å². The van der Waals surface area contributed by atoms with Crippen molar-refractivity contribution >= 4 is 62.7 Å². The van der Waals surface area contributed by atoms with Crippen molar-refractivity contribution in [1.82, 2.24) is 5.32 Å². The lowest BCUT2D eigenvalue weighted by Crippen LogP contribution is -2.30. The summed E-state index contributed by atoms with van der Waals surface area (Å²) in [5.74, 6) is -0.958. The molecule has 0 saturated heterocycles. The second-order valence-corrected chi connectivity index (χ2v) is 7.76. The molecule has 4 nitrogen and oxygen atoms in total. The van der Waals surface area contributed by atoms with E-state index in [0.29, 0.717) is 15.7 Å². The monoisotopic (exact) mass is 488 g/mol. The van der Waals surface area contributed by atoms with Gasteiger partial charge < -0.3 is 10.6 Å². The van der Waals surface area contributed by atoms with Crippen LogP contribution in [0.4, 0.5) is 5.69 Å². The zero-order valence-corrected chi connectivity index (χ0v) is 18.1. The lowest BCUT2D eigenvalue weighted by Gasteiger charge is -2.12. The molecule has 7 heteroatoms. The van der Waals surface area contributed by atoms with Crippen LogP contribution in [0.2, 0.25) is 10.0 Å². The van der Waals surface area contributed by atoms with Crippen LogP contribution in [0.25, 0.3) is 6.08 Å². The van der Waals surface area contributed by atoms with Crippen LogP contribution in [0.3, 0.4) is 0 Å². The summed E-state index contributed by atoms with van der Waals surface area (Å²) in [6.07, 6.45) is 1.59. The number of amides is 2. The van der Waals surface area contributed by atoms with E-state index in [-0.39, 0.29) is 11.3 Å². The van der Waals surface area contributed by atoms with Gasteiger partial charge in [-0.05, 0) is 60.2 Å². The van der Waals surface area contributed by atoms with Crippen molar-refractivity contribution in [2.24, 2.45) is 0 Å². The van der Waals surface area contributed by atoms with E-state index in [1.165, 1.54) is 0 Å². The van der Waals surface area contributed by atoms with E-state index in [9.17, 15) is 9.59 Å². The molecule has 29 heavy (non-hydrogen) atoms. The van der Waals surface area contributed by atoms with Gasteiger partial charge in [-0.3, -0.25) is 9.59 Å². The molecule has 0 aliphatic carbocycles. The number of rotatable bonds is 5. The Morgan fingerprint density at radius 3 is 2.17 bits per heavy atom. The van der Waals surface area contributed by atoms with E-state index in [4.69, 9.17) is 23.2 Å². The van der Waals surface area contributed by atoms with Gasteiger partial charge in [0, 0.05) is 15.2 Å². The molecule has 3 aromatic carbocycles. The molecule has 0 fully saturated rings. The van der Waals surface area contributed by atoms with E-state index < -0.39 is 11.8 Å². The van der Waals surface area contributed by atoms with Crippen molar-refractivity contribution in [1.29, 1.82) is 0 Å². The summed E-state index contributed by atoms with van der Waals surface area (Å²) in [6.45, 7) is 0. The minimum atomic E-state index is -0.481. The molecule has 0 aliphatic rings. The highest BCUT2D eigenvalue weighted by Crippen LogP contribution is 2.18. The summed E-state index contributed by atoms with van der Waals surface area (Å²) >= 11 is 15.4. The summed E-state index contributed by atoms with van der Waals surface area (Å²) < 4.78 is 0.905. The average molecular weight is 490 g/mol. The maximum Gasteiger partial charge on any atom is 0.272 e. The number of halogens is 3. The number of nitrogens with one attached hydrogen (secondary N) is 2. The smallest absolute Gasteiger partial charge is 0.272 e. The van der Waals surface area contributed by atoms with Gasteiger partial charge in [-0.15, -0.1) is 0 Å². The summed E-state index contributed by atoms with van der Waals surface area (Å²) in [4.78, 5) is 25.5. The zero-order valence-electron chi connectivity index (χ0n) is 15.0. The summed E-state index contributed by atoms with van der Waals surface area (Å²) in [6, 6.07) is 20.6. The Bertz CT molecular complexity index is 1060. The van der Waals surface area contributed by atoms with E-state index in [1.807, 2.05) is 24.3 Å². The molecule has 0 aliphatic heterocycles. The normalized spacial score (nSPS) is 11.1. The van der Waals surface area contributed by atoms with Crippen LogP contribution in [0.15, 0.2) is 83.0 Å². The molecule has 0 radical (unpaired) electrons. The van der Waals surface area contributed by atoms with Crippen LogP contribution in [-0.2, 0) is 4.79 Å². The lowest BCUT2D eigenvalue weighted by atomic mass is 10.1. The minimum absolute atomic E-state index is 0.0761. The summed E-state index contributed by atoms with van der Waals surface area (Å²) in [5.41, 5.74) is 1.64. The minimum Gasteiger partial charge on any atom is -0.321 e. The molecule has 0 aromatic heterocycles. The third kappa shape index (κ3) is 5.94. The molecule has 0 atom stereocenters. The third-order valence-corrected chi connectivity index (χ3v) is 5.00. The van der Waals surface area contributed by atoms with Gasteiger partial charge in [0.05, 0.1) is 10.6 Å². The van der Waals surface area contributed by atoms with Gasteiger partial charge in [-0.25, -0.2) is 0 Å². The maximum atomic E-state index is 12.9. The first-order valence-corrected chi connectivity index (χ1v) is 10.1. The third-order valence-electron chi connectivity index (χ3n) is 3.89. The first kappa shape index (κ1) is 21.1. The van der Waals surface area contributed by atoms with Crippen LogP contribution in [0.5, 0.6) is 0 Å². The van der Waals surface area contributed by atoms with Gasteiger partial charge in [-0.1, -0.05) is 63.4 Å². The predicted octanol–water partition coefficient (Wildman–Crippen LogP) is 6.17. The van der Waals surface area contributed by atoms with Crippen LogP contribution < -0.4 is 10.6 Å². The maximum absolute atomic E-state index is 12.9. The van der Waals surface area contributed by atoms with E-state index >= 15 is 0 Å². The standard InChI is InChI=1S/C22H15BrCl2N2O2/c23-15-7-5-14(6-8-15)13-20(22(29)26-17-11-9-16(24)10-12-17)27-21(28)18-3-1-2-4-19(18)25/h1-13H,(H,26,29)(H,27,28). The molecule has 0 heterocycles. The first-order chi connectivity index (χ1) is 13.9. The van der Waals surface area contributed by atoms with Crippen molar-refractivity contribution in [2.45, 2.75) is 0 Å². The molecule has 0 unspecified atom stereocenters. The summed E-state index contributed by atoms with van der Waals surface area (Å²) in [7, 11) is 0. The fourth-order valence-electron chi connectivity index (χ4n) is 2.45. The van der Waals surface area contributed by atoms with Crippen molar-refractivity contribution in [3.63, 3.8) is 0 Å². The molecule has 146 valence electrons. The highest BCUT2D eigenvalue weighted by molar-refractivity contribution is 9.10.